The molecule has 2 atom stereocenters. The smallest absolute Gasteiger partial charge is 0.237 e. The molecule has 1 aliphatic rings. The van der Waals surface area contributed by atoms with E-state index in [9.17, 15) is 9.18 Å². The molecule has 26 heavy (non-hydrogen) atoms. The first-order valence-electron chi connectivity index (χ1n) is 8.73. The maximum absolute atomic E-state index is 13.0. The van der Waals surface area contributed by atoms with Crippen molar-refractivity contribution in [1.82, 2.24) is 15.5 Å². The van der Waals surface area contributed by atoms with Crippen molar-refractivity contribution in [3.05, 3.63) is 70.5 Å². The van der Waals surface area contributed by atoms with E-state index in [-0.39, 0.29) is 23.8 Å². The second kappa shape index (κ2) is 8.62. The van der Waals surface area contributed by atoms with Crippen LogP contribution in [0.4, 0.5) is 4.39 Å². The molecule has 4 nitrogen and oxygen atoms in total. The molecule has 1 fully saturated rings. The molecule has 1 heterocycles. The van der Waals surface area contributed by atoms with Crippen molar-refractivity contribution >= 4 is 17.5 Å². The number of hydrogen-bond donors (Lipinski definition) is 2. The lowest BCUT2D eigenvalue weighted by atomic mass is 10.1. The van der Waals surface area contributed by atoms with Gasteiger partial charge in [-0.1, -0.05) is 35.9 Å². The van der Waals surface area contributed by atoms with Gasteiger partial charge in [0, 0.05) is 37.7 Å². The van der Waals surface area contributed by atoms with Crippen LogP contribution in [0.25, 0.3) is 0 Å². The fourth-order valence-corrected chi connectivity index (χ4v) is 3.48. The van der Waals surface area contributed by atoms with Crippen LogP contribution >= 0.6 is 11.6 Å². The van der Waals surface area contributed by atoms with Gasteiger partial charge in [-0.3, -0.25) is 9.69 Å². The third-order valence-corrected chi connectivity index (χ3v) is 5.01. The number of likely N-dealkylation sites (N-methyl/N-ethyl adjacent to an activating group) is 1. The Kier molecular flexibility index (Phi) is 6.25. The molecule has 0 unspecified atom stereocenters. The third kappa shape index (κ3) is 4.81. The monoisotopic (exact) mass is 375 g/mol. The minimum absolute atomic E-state index is 0.0324. The number of amides is 1. The molecule has 0 bridgehead atoms. The molecule has 0 radical (unpaired) electrons. The SMILES string of the molecule is CNC(=O)[C@@H]1C[C@H](NCc2ccc(F)cc2)CN1Cc1ccc(Cl)cc1. The van der Waals surface area contributed by atoms with E-state index in [1.807, 2.05) is 24.3 Å². The zero-order valence-corrected chi connectivity index (χ0v) is 15.5. The maximum atomic E-state index is 13.0. The van der Waals surface area contributed by atoms with E-state index in [0.29, 0.717) is 18.1 Å². The molecule has 3 rings (SSSR count). The summed E-state index contributed by atoms with van der Waals surface area (Å²) in [5, 5.41) is 6.95. The Bertz CT molecular complexity index is 736. The highest BCUT2D eigenvalue weighted by molar-refractivity contribution is 6.30. The van der Waals surface area contributed by atoms with Gasteiger partial charge in [0.2, 0.25) is 5.91 Å². The van der Waals surface area contributed by atoms with Gasteiger partial charge >= 0.3 is 0 Å². The molecule has 2 aromatic rings. The number of rotatable bonds is 6. The van der Waals surface area contributed by atoms with Crippen LogP contribution in [0, 0.1) is 5.82 Å². The van der Waals surface area contributed by atoms with E-state index < -0.39 is 0 Å². The Balaban J connectivity index is 1.63. The van der Waals surface area contributed by atoms with E-state index in [4.69, 9.17) is 11.6 Å². The van der Waals surface area contributed by atoms with Crippen LogP contribution in [0.1, 0.15) is 17.5 Å². The minimum atomic E-state index is -0.233. The quantitative estimate of drug-likeness (QED) is 0.815. The minimum Gasteiger partial charge on any atom is -0.358 e. The molecule has 1 aliphatic heterocycles. The predicted molar refractivity (Wildman–Crippen MR) is 101 cm³/mol. The highest BCUT2D eigenvalue weighted by atomic mass is 35.5. The molecule has 0 spiro atoms. The van der Waals surface area contributed by atoms with Crippen molar-refractivity contribution in [2.45, 2.75) is 31.6 Å². The Morgan fingerprint density at radius 2 is 1.81 bits per heavy atom. The van der Waals surface area contributed by atoms with Gasteiger partial charge in [0.25, 0.3) is 0 Å². The largest absolute Gasteiger partial charge is 0.358 e. The highest BCUT2D eigenvalue weighted by Gasteiger charge is 2.35. The van der Waals surface area contributed by atoms with Crippen molar-refractivity contribution < 1.29 is 9.18 Å². The molecule has 1 saturated heterocycles. The summed E-state index contributed by atoms with van der Waals surface area (Å²) in [6.07, 6.45) is 0.745. The third-order valence-electron chi connectivity index (χ3n) is 4.76. The number of nitrogens with one attached hydrogen (secondary N) is 2. The molecular formula is C20H23ClFN3O. The molecule has 1 amide bonds. The van der Waals surface area contributed by atoms with Crippen LogP contribution in [0.15, 0.2) is 48.5 Å². The van der Waals surface area contributed by atoms with Crippen LogP contribution in [0.5, 0.6) is 0 Å². The lowest BCUT2D eigenvalue weighted by Crippen LogP contribution is -2.41. The molecule has 0 aromatic heterocycles. The number of carbonyl (C=O) groups excluding carboxylic acids is 1. The predicted octanol–water partition coefficient (Wildman–Crippen LogP) is 2.96. The van der Waals surface area contributed by atoms with Crippen LogP contribution in [-0.4, -0.2) is 36.5 Å². The van der Waals surface area contributed by atoms with Gasteiger partial charge in [0.1, 0.15) is 5.82 Å². The average molecular weight is 376 g/mol. The molecule has 2 aromatic carbocycles. The van der Waals surface area contributed by atoms with Crippen molar-refractivity contribution in [3.8, 4) is 0 Å². The van der Waals surface area contributed by atoms with Gasteiger partial charge < -0.3 is 10.6 Å². The second-order valence-corrected chi connectivity index (χ2v) is 7.06. The number of benzene rings is 2. The summed E-state index contributed by atoms with van der Waals surface area (Å²) in [5.74, 6) is -0.200. The number of halogens is 2. The Labute approximate surface area is 158 Å². The van der Waals surface area contributed by atoms with E-state index in [1.165, 1.54) is 12.1 Å². The van der Waals surface area contributed by atoms with E-state index in [1.54, 1.807) is 19.2 Å². The second-order valence-electron chi connectivity index (χ2n) is 6.63. The summed E-state index contributed by atoms with van der Waals surface area (Å²) in [5.41, 5.74) is 2.15. The average Bonchev–Trinajstić information content (AvgIpc) is 3.05. The van der Waals surface area contributed by atoms with Gasteiger partial charge in [0.05, 0.1) is 6.04 Å². The van der Waals surface area contributed by atoms with Gasteiger partial charge in [-0.2, -0.15) is 0 Å². The standard InChI is InChI=1S/C20H23ClFN3O/c1-23-20(26)19-10-18(24-11-14-4-8-17(22)9-5-14)13-25(19)12-15-2-6-16(21)7-3-15/h2-9,18-19,24H,10-13H2,1H3,(H,23,26)/t18-,19-/m0/s1. The zero-order chi connectivity index (χ0) is 18.5. The lowest BCUT2D eigenvalue weighted by Gasteiger charge is -2.23. The first-order chi connectivity index (χ1) is 12.5. The van der Waals surface area contributed by atoms with Gasteiger partial charge in [-0.15, -0.1) is 0 Å². The molecule has 6 heteroatoms. The summed E-state index contributed by atoms with van der Waals surface area (Å²) in [7, 11) is 1.67. The first-order valence-corrected chi connectivity index (χ1v) is 9.11. The van der Waals surface area contributed by atoms with Crippen molar-refractivity contribution in [2.75, 3.05) is 13.6 Å². The first kappa shape index (κ1) is 18.8. The van der Waals surface area contributed by atoms with Crippen LogP contribution in [0.3, 0.4) is 0 Å². The Hall–Kier alpha value is -1.95. The summed E-state index contributed by atoms with van der Waals surface area (Å²) < 4.78 is 13.0. The van der Waals surface area contributed by atoms with E-state index in [0.717, 1.165) is 24.1 Å². The van der Waals surface area contributed by atoms with Crippen LogP contribution in [-0.2, 0) is 17.9 Å². The van der Waals surface area contributed by atoms with Gasteiger partial charge in [-0.25, -0.2) is 4.39 Å². The van der Waals surface area contributed by atoms with Crippen molar-refractivity contribution in [2.24, 2.45) is 0 Å². The zero-order valence-electron chi connectivity index (χ0n) is 14.7. The lowest BCUT2D eigenvalue weighted by molar-refractivity contribution is -0.125. The summed E-state index contributed by atoms with van der Waals surface area (Å²) >= 11 is 5.95. The number of hydrogen-bond acceptors (Lipinski definition) is 3. The molecule has 0 aliphatic carbocycles. The summed E-state index contributed by atoms with van der Waals surface area (Å²) in [6.45, 7) is 2.13. The fraction of sp³-hybridized carbons (Fsp3) is 0.350. The number of carbonyl (C=O) groups is 1. The molecule has 138 valence electrons. The summed E-state index contributed by atoms with van der Waals surface area (Å²) in [6, 6.07) is 14.2. The summed E-state index contributed by atoms with van der Waals surface area (Å²) in [4.78, 5) is 14.5. The van der Waals surface area contributed by atoms with Gasteiger partial charge in [-0.05, 0) is 41.8 Å². The van der Waals surface area contributed by atoms with E-state index in [2.05, 4.69) is 15.5 Å². The van der Waals surface area contributed by atoms with Crippen molar-refractivity contribution in [3.63, 3.8) is 0 Å². The van der Waals surface area contributed by atoms with E-state index >= 15 is 0 Å². The van der Waals surface area contributed by atoms with Crippen molar-refractivity contribution in [1.29, 1.82) is 0 Å². The molecule has 2 N–H and O–H groups in total. The Morgan fingerprint density at radius 1 is 1.15 bits per heavy atom. The molecule has 0 saturated carbocycles. The van der Waals surface area contributed by atoms with Crippen LogP contribution in [0.2, 0.25) is 5.02 Å². The van der Waals surface area contributed by atoms with Gasteiger partial charge in [0.15, 0.2) is 0 Å². The number of nitrogens with zero attached hydrogens (tertiary/aromatic N) is 1. The number of likely N-dealkylation sites (tertiary alicyclic amines) is 1. The Morgan fingerprint density at radius 3 is 2.46 bits per heavy atom. The normalized spacial score (nSPS) is 20.3. The maximum Gasteiger partial charge on any atom is 0.237 e. The topological polar surface area (TPSA) is 44.4 Å². The van der Waals surface area contributed by atoms with Crippen LogP contribution < -0.4 is 10.6 Å². The highest BCUT2D eigenvalue weighted by Crippen LogP contribution is 2.22. The fourth-order valence-electron chi connectivity index (χ4n) is 3.35. The molecular weight excluding hydrogens is 353 g/mol.